The molecule has 1 aromatic heterocycles. The van der Waals surface area contributed by atoms with Gasteiger partial charge in [0, 0.05) is 11.8 Å². The number of hydrogen-bond acceptors (Lipinski definition) is 6. The molecule has 2 atom stereocenters. The van der Waals surface area contributed by atoms with Gasteiger partial charge in [-0.25, -0.2) is 0 Å². The molecule has 3 rings (SSSR count). The first-order valence-corrected chi connectivity index (χ1v) is 7.71. The van der Waals surface area contributed by atoms with Crippen LogP contribution in [-0.4, -0.2) is 33.1 Å². The number of thioether (sulfide) groups is 1. The van der Waals surface area contributed by atoms with E-state index in [1.54, 1.807) is 0 Å². The van der Waals surface area contributed by atoms with Crippen LogP contribution in [0.4, 0.5) is 0 Å². The molecule has 2 N–H and O–H groups in total. The first-order valence-electron chi connectivity index (χ1n) is 6.67. The molecule has 6 heteroatoms. The van der Waals surface area contributed by atoms with Crippen LogP contribution in [0.2, 0.25) is 0 Å². The molecular formula is C12H19N3O2S. The van der Waals surface area contributed by atoms with Gasteiger partial charge in [-0.2, -0.15) is 16.7 Å². The van der Waals surface area contributed by atoms with Gasteiger partial charge in [0.1, 0.15) is 0 Å². The molecule has 1 saturated carbocycles. The Hall–Kier alpha value is -0.590. The molecule has 2 aliphatic rings. The molecule has 0 aromatic carbocycles. The molecule has 0 spiro atoms. The van der Waals surface area contributed by atoms with E-state index in [1.807, 2.05) is 11.8 Å². The van der Waals surface area contributed by atoms with Crippen molar-refractivity contribution in [2.24, 2.45) is 0 Å². The normalized spacial score (nSPS) is 29.2. The molecule has 18 heavy (non-hydrogen) atoms. The highest BCUT2D eigenvalue weighted by Gasteiger charge is 2.28. The van der Waals surface area contributed by atoms with Gasteiger partial charge >= 0.3 is 0 Å². The zero-order valence-electron chi connectivity index (χ0n) is 10.3. The molecule has 2 heterocycles. The van der Waals surface area contributed by atoms with Crippen molar-refractivity contribution in [2.45, 2.75) is 55.3 Å². The Labute approximate surface area is 111 Å². The average molecular weight is 269 g/mol. The second-order valence-electron chi connectivity index (χ2n) is 5.12. The summed E-state index contributed by atoms with van der Waals surface area (Å²) in [5, 5.41) is 17.4. The third-order valence-corrected chi connectivity index (χ3v) is 5.01. The minimum Gasteiger partial charge on any atom is -0.392 e. The number of nitrogens with one attached hydrogen (secondary N) is 1. The van der Waals surface area contributed by atoms with Gasteiger partial charge in [-0.1, -0.05) is 18.0 Å². The van der Waals surface area contributed by atoms with Gasteiger partial charge in [-0.3, -0.25) is 0 Å². The van der Waals surface area contributed by atoms with Gasteiger partial charge in [-0.15, -0.1) is 0 Å². The van der Waals surface area contributed by atoms with E-state index in [9.17, 15) is 5.11 Å². The molecule has 0 unspecified atom stereocenters. The SMILES string of the molecule is O[C@@H]1CN[C@@H](c2nc(CSC3CCCC3)no2)C1. The van der Waals surface area contributed by atoms with Crippen molar-refractivity contribution in [3.8, 4) is 0 Å². The lowest BCUT2D eigenvalue weighted by Gasteiger charge is -2.05. The molecule has 1 aliphatic heterocycles. The van der Waals surface area contributed by atoms with E-state index in [0.717, 1.165) is 16.8 Å². The molecule has 1 aromatic rings. The Morgan fingerprint density at radius 3 is 2.94 bits per heavy atom. The molecular weight excluding hydrogens is 250 g/mol. The molecule has 2 fully saturated rings. The van der Waals surface area contributed by atoms with Crippen LogP contribution in [0.5, 0.6) is 0 Å². The smallest absolute Gasteiger partial charge is 0.243 e. The van der Waals surface area contributed by atoms with Gasteiger partial charge in [0.15, 0.2) is 5.82 Å². The van der Waals surface area contributed by atoms with Gasteiger partial charge in [-0.05, 0) is 19.3 Å². The van der Waals surface area contributed by atoms with Crippen LogP contribution in [0.15, 0.2) is 4.52 Å². The van der Waals surface area contributed by atoms with Crippen molar-refractivity contribution >= 4 is 11.8 Å². The lowest BCUT2D eigenvalue weighted by atomic mass is 10.2. The van der Waals surface area contributed by atoms with Crippen molar-refractivity contribution < 1.29 is 9.63 Å². The zero-order valence-corrected chi connectivity index (χ0v) is 11.2. The molecule has 0 amide bonds. The summed E-state index contributed by atoms with van der Waals surface area (Å²) in [6.45, 7) is 0.610. The van der Waals surface area contributed by atoms with Crippen LogP contribution in [0.1, 0.15) is 49.9 Å². The number of aromatic nitrogens is 2. The standard InChI is InChI=1S/C12H19N3O2S/c16-8-5-10(13-6-8)12-14-11(15-17-12)7-18-9-3-1-2-4-9/h8-10,13,16H,1-7H2/t8-,10+/m0/s1. The monoisotopic (exact) mass is 269 g/mol. The molecule has 5 nitrogen and oxygen atoms in total. The summed E-state index contributed by atoms with van der Waals surface area (Å²) < 4.78 is 5.26. The Balaban J connectivity index is 1.52. The van der Waals surface area contributed by atoms with Gasteiger partial charge in [0.25, 0.3) is 0 Å². The summed E-state index contributed by atoms with van der Waals surface area (Å²) in [4.78, 5) is 4.42. The summed E-state index contributed by atoms with van der Waals surface area (Å²) in [6.07, 6.45) is 5.74. The van der Waals surface area contributed by atoms with Crippen molar-refractivity contribution in [1.29, 1.82) is 0 Å². The second-order valence-corrected chi connectivity index (χ2v) is 6.41. The molecule has 0 bridgehead atoms. The number of hydrogen-bond donors (Lipinski definition) is 2. The summed E-state index contributed by atoms with van der Waals surface area (Å²) >= 11 is 1.94. The van der Waals surface area contributed by atoms with E-state index in [0.29, 0.717) is 18.9 Å². The van der Waals surface area contributed by atoms with E-state index >= 15 is 0 Å². The summed E-state index contributed by atoms with van der Waals surface area (Å²) in [5.41, 5.74) is 0. The largest absolute Gasteiger partial charge is 0.392 e. The van der Waals surface area contributed by atoms with E-state index < -0.39 is 0 Å². The first-order chi connectivity index (χ1) is 8.81. The maximum Gasteiger partial charge on any atom is 0.243 e. The van der Waals surface area contributed by atoms with E-state index in [-0.39, 0.29) is 12.1 Å². The minimum absolute atomic E-state index is 0.0257. The highest BCUT2D eigenvalue weighted by molar-refractivity contribution is 7.99. The number of rotatable bonds is 4. The summed E-state index contributed by atoms with van der Waals surface area (Å²) in [6, 6.07) is 0.0257. The lowest BCUT2D eigenvalue weighted by Crippen LogP contribution is -2.15. The van der Waals surface area contributed by atoms with Gasteiger partial charge in [0.05, 0.1) is 17.9 Å². The van der Waals surface area contributed by atoms with Crippen LogP contribution < -0.4 is 5.32 Å². The van der Waals surface area contributed by atoms with Crippen molar-refractivity contribution in [1.82, 2.24) is 15.5 Å². The maximum absolute atomic E-state index is 9.46. The highest BCUT2D eigenvalue weighted by Crippen LogP contribution is 2.31. The van der Waals surface area contributed by atoms with Crippen LogP contribution in [0.25, 0.3) is 0 Å². The van der Waals surface area contributed by atoms with Crippen LogP contribution in [0.3, 0.4) is 0 Å². The first kappa shape index (κ1) is 12.4. The average Bonchev–Trinajstić information content (AvgIpc) is 3.07. The lowest BCUT2D eigenvalue weighted by molar-refractivity contribution is 0.191. The highest BCUT2D eigenvalue weighted by atomic mass is 32.2. The number of aliphatic hydroxyl groups is 1. The van der Waals surface area contributed by atoms with Crippen molar-refractivity contribution in [3.63, 3.8) is 0 Å². The Morgan fingerprint density at radius 2 is 2.22 bits per heavy atom. The number of nitrogens with zero attached hydrogens (tertiary/aromatic N) is 2. The van der Waals surface area contributed by atoms with Crippen molar-refractivity contribution in [2.75, 3.05) is 6.54 Å². The Morgan fingerprint density at radius 1 is 1.39 bits per heavy atom. The Kier molecular flexibility index (Phi) is 3.86. The predicted octanol–water partition coefficient (Wildman–Crippen LogP) is 1.64. The fourth-order valence-electron chi connectivity index (χ4n) is 2.62. The summed E-state index contributed by atoms with van der Waals surface area (Å²) in [5.74, 6) is 2.24. The maximum atomic E-state index is 9.46. The van der Waals surface area contributed by atoms with Crippen molar-refractivity contribution in [3.05, 3.63) is 11.7 Å². The third-order valence-electron chi connectivity index (χ3n) is 3.64. The molecule has 1 saturated heterocycles. The number of aliphatic hydroxyl groups excluding tert-OH is 1. The van der Waals surface area contributed by atoms with E-state index in [2.05, 4.69) is 15.5 Å². The van der Waals surface area contributed by atoms with Gasteiger partial charge in [0.2, 0.25) is 5.89 Å². The predicted molar refractivity (Wildman–Crippen MR) is 69.2 cm³/mol. The second kappa shape index (κ2) is 5.59. The van der Waals surface area contributed by atoms with E-state index in [1.165, 1.54) is 25.7 Å². The minimum atomic E-state index is -0.293. The zero-order chi connectivity index (χ0) is 12.4. The summed E-state index contributed by atoms with van der Waals surface area (Å²) in [7, 11) is 0. The quantitative estimate of drug-likeness (QED) is 0.866. The van der Waals surface area contributed by atoms with Crippen LogP contribution in [-0.2, 0) is 5.75 Å². The van der Waals surface area contributed by atoms with Gasteiger partial charge < -0.3 is 14.9 Å². The van der Waals surface area contributed by atoms with E-state index in [4.69, 9.17) is 4.52 Å². The fraction of sp³-hybridized carbons (Fsp3) is 0.833. The molecule has 0 radical (unpaired) electrons. The fourth-order valence-corrected chi connectivity index (χ4v) is 3.79. The third kappa shape index (κ3) is 2.87. The topological polar surface area (TPSA) is 71.2 Å². The Bertz CT molecular complexity index is 392. The number of β-amino-alcohol motifs (C(OH)–C–C–N with tert-alkyl or cyclic N) is 1. The molecule has 100 valence electrons. The molecule has 1 aliphatic carbocycles. The van der Waals surface area contributed by atoms with Crippen LogP contribution in [0, 0.1) is 0 Å². The van der Waals surface area contributed by atoms with Crippen LogP contribution >= 0.6 is 11.8 Å².